The second kappa shape index (κ2) is 3.97. The molecule has 0 unspecified atom stereocenters. The Bertz CT molecular complexity index is 135. The topological polar surface area (TPSA) is 3.24 Å². The monoisotopic (exact) mass is 191 g/mol. The van der Waals surface area contributed by atoms with Gasteiger partial charge in [-0.15, -0.1) is 0 Å². The van der Waals surface area contributed by atoms with E-state index in [0.29, 0.717) is 0 Å². The van der Waals surface area contributed by atoms with Crippen LogP contribution in [-0.2, 0) is 0 Å². The van der Waals surface area contributed by atoms with Crippen molar-refractivity contribution >= 4 is 11.8 Å². The quantitative estimate of drug-likeness (QED) is 0.614. The molecular weight excluding hydrogens is 170 g/mol. The van der Waals surface area contributed by atoms with Gasteiger partial charge < -0.3 is 0 Å². The third-order valence-corrected chi connectivity index (χ3v) is 2.95. The van der Waals surface area contributed by atoms with Gasteiger partial charge in [-0.05, 0) is 52.8 Å². The maximum Gasteiger partial charge on any atom is 0.0311 e. The molecule has 2 heteroatoms. The average Bonchev–Trinajstić information content (AvgIpc) is 1.84. The van der Waals surface area contributed by atoms with Crippen LogP contribution in [0.15, 0.2) is 0 Å². The molecule has 0 aromatic carbocycles. The van der Waals surface area contributed by atoms with E-state index < -0.39 is 0 Å². The van der Waals surface area contributed by atoms with Gasteiger partial charge >= 0.3 is 0 Å². The second-order valence-electron chi connectivity index (χ2n) is 5.01. The first kappa shape index (κ1) is 12.2. The number of hydrogen-bond donors (Lipinski definition) is 0. The number of halogens is 1. The Hall–Kier alpha value is 0.250. The van der Waals surface area contributed by atoms with E-state index in [1.54, 1.807) is 0 Å². The summed E-state index contributed by atoms with van der Waals surface area (Å²) in [5.74, 6) is 0. The van der Waals surface area contributed by atoms with Crippen LogP contribution in [0, 0.1) is 0 Å². The van der Waals surface area contributed by atoms with Gasteiger partial charge in [-0.1, -0.05) is 13.3 Å². The summed E-state index contributed by atoms with van der Waals surface area (Å²) >= 11 is 6.26. The molecule has 0 N–H and O–H groups in total. The Morgan fingerprint density at radius 1 is 1.08 bits per heavy atom. The zero-order valence-corrected chi connectivity index (χ0v) is 10.00. The van der Waals surface area contributed by atoms with E-state index in [0.717, 1.165) is 6.42 Å². The van der Waals surface area contributed by atoms with E-state index >= 15 is 0 Å². The van der Waals surface area contributed by atoms with Crippen molar-refractivity contribution in [2.45, 2.75) is 65.5 Å². The fraction of sp³-hybridized carbons (Fsp3) is 1.00. The minimum atomic E-state index is 0.0419. The molecule has 0 atom stereocenters. The van der Waals surface area contributed by atoms with Crippen molar-refractivity contribution in [2.24, 2.45) is 0 Å². The van der Waals surface area contributed by atoms with Gasteiger partial charge in [-0.2, -0.15) is 0 Å². The minimum Gasteiger partial charge on any atom is -0.209 e. The molecule has 74 valence electrons. The summed E-state index contributed by atoms with van der Waals surface area (Å²) in [5.41, 5.74) is 0.134. The van der Waals surface area contributed by atoms with E-state index in [1.165, 1.54) is 6.42 Å². The molecule has 0 bridgehead atoms. The predicted molar refractivity (Wildman–Crippen MR) is 56.4 cm³/mol. The highest BCUT2D eigenvalue weighted by atomic mass is 35.5. The first-order chi connectivity index (χ1) is 5.22. The lowest BCUT2D eigenvalue weighted by atomic mass is 9.94. The molecule has 0 aliphatic rings. The van der Waals surface area contributed by atoms with Gasteiger partial charge in [-0.3, -0.25) is 0 Å². The van der Waals surface area contributed by atoms with Crippen molar-refractivity contribution in [1.29, 1.82) is 0 Å². The highest BCUT2D eigenvalue weighted by Gasteiger charge is 2.32. The summed E-state index contributed by atoms with van der Waals surface area (Å²) in [6, 6.07) is 0. The van der Waals surface area contributed by atoms with Gasteiger partial charge in [0.15, 0.2) is 0 Å². The second-order valence-corrected chi connectivity index (χ2v) is 5.35. The van der Waals surface area contributed by atoms with Crippen LogP contribution in [0.2, 0.25) is 0 Å². The Labute approximate surface area is 82.2 Å². The van der Waals surface area contributed by atoms with E-state index in [4.69, 9.17) is 11.8 Å². The minimum absolute atomic E-state index is 0.0419. The zero-order valence-electron chi connectivity index (χ0n) is 9.24. The van der Waals surface area contributed by atoms with Crippen molar-refractivity contribution < 1.29 is 0 Å². The fourth-order valence-electron chi connectivity index (χ4n) is 1.62. The van der Waals surface area contributed by atoms with Crippen LogP contribution in [0.5, 0.6) is 0 Å². The first-order valence-electron chi connectivity index (χ1n) is 4.68. The highest BCUT2D eigenvalue weighted by Crippen LogP contribution is 2.30. The van der Waals surface area contributed by atoms with Gasteiger partial charge in [0.1, 0.15) is 0 Å². The van der Waals surface area contributed by atoms with Crippen molar-refractivity contribution in [3.05, 3.63) is 0 Å². The molecule has 0 aliphatic heterocycles. The van der Waals surface area contributed by atoms with Gasteiger partial charge in [-0.25, -0.2) is 4.42 Å². The summed E-state index contributed by atoms with van der Waals surface area (Å²) < 4.78 is 1.93. The van der Waals surface area contributed by atoms with Crippen molar-refractivity contribution in [2.75, 3.05) is 0 Å². The lowest BCUT2D eigenvalue weighted by Gasteiger charge is -2.41. The maximum atomic E-state index is 6.26. The number of nitrogens with zero attached hydrogens (tertiary/aromatic N) is 1. The van der Waals surface area contributed by atoms with Crippen molar-refractivity contribution in [3.63, 3.8) is 0 Å². The van der Waals surface area contributed by atoms with Crippen LogP contribution >= 0.6 is 11.8 Å². The maximum absolute atomic E-state index is 6.26. The molecule has 0 spiro atoms. The largest absolute Gasteiger partial charge is 0.209 e. The van der Waals surface area contributed by atoms with Gasteiger partial charge in [0.2, 0.25) is 0 Å². The van der Waals surface area contributed by atoms with Gasteiger partial charge in [0.05, 0.1) is 0 Å². The van der Waals surface area contributed by atoms with E-state index in [9.17, 15) is 0 Å². The van der Waals surface area contributed by atoms with Crippen molar-refractivity contribution in [3.8, 4) is 0 Å². The summed E-state index contributed by atoms with van der Waals surface area (Å²) in [4.78, 5) is 0. The Morgan fingerprint density at radius 2 is 1.50 bits per heavy atom. The SMILES string of the molecule is CCCC(C)(C)N(Cl)C(C)(C)C. The normalized spacial score (nSPS) is 14.0. The molecule has 0 amide bonds. The van der Waals surface area contributed by atoms with E-state index in [1.807, 2.05) is 4.42 Å². The molecular formula is C10H22ClN. The Morgan fingerprint density at radius 3 is 1.75 bits per heavy atom. The summed E-state index contributed by atoms with van der Waals surface area (Å²) in [6.45, 7) is 13.0. The van der Waals surface area contributed by atoms with Gasteiger partial charge in [0, 0.05) is 11.1 Å². The van der Waals surface area contributed by atoms with Crippen molar-refractivity contribution in [1.82, 2.24) is 4.42 Å². The smallest absolute Gasteiger partial charge is 0.0311 e. The predicted octanol–water partition coefficient (Wildman–Crippen LogP) is 3.82. The molecule has 0 aromatic rings. The van der Waals surface area contributed by atoms with Crippen LogP contribution in [-0.4, -0.2) is 15.5 Å². The van der Waals surface area contributed by atoms with E-state index in [2.05, 4.69) is 41.5 Å². The molecule has 0 saturated carbocycles. The Kier molecular flexibility index (Phi) is 4.05. The molecule has 0 aromatic heterocycles. The molecule has 0 fully saturated rings. The molecule has 0 heterocycles. The molecule has 0 rings (SSSR count). The first-order valence-corrected chi connectivity index (χ1v) is 5.01. The van der Waals surface area contributed by atoms with Crippen LogP contribution in [0.1, 0.15) is 54.4 Å². The summed E-state index contributed by atoms with van der Waals surface area (Å²) in [7, 11) is 0. The van der Waals surface area contributed by atoms with Crippen LogP contribution in [0.3, 0.4) is 0 Å². The van der Waals surface area contributed by atoms with Crippen LogP contribution in [0.25, 0.3) is 0 Å². The summed E-state index contributed by atoms with van der Waals surface area (Å²) in [6.07, 6.45) is 2.31. The average molecular weight is 192 g/mol. The standard InChI is InChI=1S/C10H22ClN/c1-7-8-10(5,6)12(11)9(2,3)4/h7-8H2,1-6H3. The lowest BCUT2D eigenvalue weighted by Crippen LogP contribution is -2.47. The zero-order chi connectivity index (χ0) is 9.99. The number of rotatable bonds is 3. The number of hydrogen-bond acceptors (Lipinski definition) is 1. The third-order valence-electron chi connectivity index (χ3n) is 1.98. The molecule has 0 radical (unpaired) electrons. The molecule has 12 heavy (non-hydrogen) atoms. The summed E-state index contributed by atoms with van der Waals surface area (Å²) in [5, 5.41) is 0. The fourth-order valence-corrected chi connectivity index (χ4v) is 1.70. The van der Waals surface area contributed by atoms with Crippen LogP contribution in [0.4, 0.5) is 0 Å². The molecule has 0 saturated heterocycles. The van der Waals surface area contributed by atoms with E-state index in [-0.39, 0.29) is 11.1 Å². The third kappa shape index (κ3) is 3.32. The molecule has 1 nitrogen and oxygen atoms in total. The lowest BCUT2D eigenvalue weighted by molar-refractivity contribution is 0.121. The van der Waals surface area contributed by atoms with Gasteiger partial charge in [0.25, 0.3) is 0 Å². The Balaban J connectivity index is 4.34. The van der Waals surface area contributed by atoms with Crippen LogP contribution < -0.4 is 0 Å². The molecule has 0 aliphatic carbocycles. The highest BCUT2D eigenvalue weighted by molar-refractivity contribution is 6.14.